The molecule has 0 saturated heterocycles. The SMILES string of the molecule is O=C(CCNC(=O)c1ccccc1)NC(c1ccccc1)c1ccccc1. The zero-order chi connectivity index (χ0) is 18.9. The Labute approximate surface area is 159 Å². The summed E-state index contributed by atoms with van der Waals surface area (Å²) in [6, 6.07) is 28.5. The van der Waals surface area contributed by atoms with Gasteiger partial charge in [0.25, 0.3) is 5.91 Å². The molecule has 0 unspecified atom stereocenters. The summed E-state index contributed by atoms with van der Waals surface area (Å²) >= 11 is 0. The molecule has 3 aromatic carbocycles. The van der Waals surface area contributed by atoms with Crippen molar-refractivity contribution in [3.8, 4) is 0 Å². The molecule has 4 heteroatoms. The molecule has 2 N–H and O–H groups in total. The van der Waals surface area contributed by atoms with Crippen molar-refractivity contribution < 1.29 is 9.59 Å². The molecule has 0 aliphatic heterocycles. The highest BCUT2D eigenvalue weighted by Crippen LogP contribution is 2.21. The van der Waals surface area contributed by atoms with E-state index in [1.165, 1.54) is 0 Å². The van der Waals surface area contributed by atoms with Crippen molar-refractivity contribution in [2.75, 3.05) is 6.54 Å². The lowest BCUT2D eigenvalue weighted by Gasteiger charge is -2.20. The number of carbonyl (C=O) groups is 2. The Balaban J connectivity index is 1.59. The van der Waals surface area contributed by atoms with Crippen molar-refractivity contribution in [3.63, 3.8) is 0 Å². The fourth-order valence-electron chi connectivity index (χ4n) is 2.86. The molecule has 3 aromatic rings. The van der Waals surface area contributed by atoms with Crippen LogP contribution < -0.4 is 10.6 Å². The molecule has 0 spiro atoms. The van der Waals surface area contributed by atoms with E-state index in [9.17, 15) is 9.59 Å². The third-order valence-corrected chi connectivity index (χ3v) is 4.24. The average Bonchev–Trinajstić information content (AvgIpc) is 2.74. The maximum absolute atomic E-state index is 12.5. The monoisotopic (exact) mass is 358 g/mol. The van der Waals surface area contributed by atoms with E-state index >= 15 is 0 Å². The smallest absolute Gasteiger partial charge is 0.251 e. The van der Waals surface area contributed by atoms with Crippen LogP contribution in [0.1, 0.15) is 33.9 Å². The molecular formula is C23H22N2O2. The van der Waals surface area contributed by atoms with Crippen LogP contribution in [0.3, 0.4) is 0 Å². The Bertz CT molecular complexity index is 825. The van der Waals surface area contributed by atoms with Crippen LogP contribution in [0.2, 0.25) is 0 Å². The Morgan fingerprint density at radius 3 is 1.70 bits per heavy atom. The van der Waals surface area contributed by atoms with Crippen LogP contribution in [0.15, 0.2) is 91.0 Å². The lowest BCUT2D eigenvalue weighted by atomic mass is 9.98. The Kier molecular flexibility index (Phi) is 6.36. The number of hydrogen-bond donors (Lipinski definition) is 2. The van der Waals surface area contributed by atoms with Crippen LogP contribution in [-0.4, -0.2) is 18.4 Å². The van der Waals surface area contributed by atoms with Gasteiger partial charge in [-0.15, -0.1) is 0 Å². The van der Waals surface area contributed by atoms with Gasteiger partial charge in [-0.3, -0.25) is 9.59 Å². The summed E-state index contributed by atoms with van der Waals surface area (Å²) in [4.78, 5) is 24.5. The van der Waals surface area contributed by atoms with E-state index < -0.39 is 0 Å². The van der Waals surface area contributed by atoms with E-state index in [1.54, 1.807) is 12.1 Å². The molecule has 4 nitrogen and oxygen atoms in total. The van der Waals surface area contributed by atoms with Crippen molar-refractivity contribution >= 4 is 11.8 Å². The topological polar surface area (TPSA) is 58.2 Å². The summed E-state index contributed by atoms with van der Waals surface area (Å²) in [6.45, 7) is 0.288. The van der Waals surface area contributed by atoms with Crippen molar-refractivity contribution in [1.29, 1.82) is 0 Å². The predicted octanol–water partition coefficient (Wildman–Crippen LogP) is 3.71. The first-order chi connectivity index (χ1) is 13.2. The average molecular weight is 358 g/mol. The van der Waals surface area contributed by atoms with Crippen molar-refractivity contribution in [2.45, 2.75) is 12.5 Å². The molecule has 27 heavy (non-hydrogen) atoms. The van der Waals surface area contributed by atoms with E-state index in [-0.39, 0.29) is 30.8 Å². The second kappa shape index (κ2) is 9.34. The van der Waals surface area contributed by atoms with Gasteiger partial charge in [0.2, 0.25) is 5.91 Å². The standard InChI is InChI=1S/C23H22N2O2/c26-21(16-17-24-23(27)20-14-8-3-9-15-20)25-22(18-10-4-1-5-11-18)19-12-6-2-7-13-19/h1-15,22H,16-17H2,(H,24,27)(H,25,26). The van der Waals surface area contributed by atoms with Crippen molar-refractivity contribution in [2.24, 2.45) is 0 Å². The van der Waals surface area contributed by atoms with E-state index in [0.717, 1.165) is 11.1 Å². The van der Waals surface area contributed by atoms with Crippen LogP contribution in [0.4, 0.5) is 0 Å². The Hall–Kier alpha value is -3.40. The third kappa shape index (κ3) is 5.28. The van der Waals surface area contributed by atoms with Crippen LogP contribution in [0.5, 0.6) is 0 Å². The number of amides is 2. The molecule has 0 saturated carbocycles. The highest BCUT2D eigenvalue weighted by molar-refractivity contribution is 5.94. The molecule has 136 valence electrons. The highest BCUT2D eigenvalue weighted by atomic mass is 16.2. The molecule has 0 aromatic heterocycles. The predicted molar refractivity (Wildman–Crippen MR) is 106 cm³/mol. The molecule has 0 radical (unpaired) electrons. The summed E-state index contributed by atoms with van der Waals surface area (Å²) < 4.78 is 0. The summed E-state index contributed by atoms with van der Waals surface area (Å²) in [5.74, 6) is -0.285. The second-order valence-electron chi connectivity index (χ2n) is 6.19. The fourth-order valence-corrected chi connectivity index (χ4v) is 2.86. The second-order valence-corrected chi connectivity index (χ2v) is 6.19. The number of nitrogens with one attached hydrogen (secondary N) is 2. The van der Waals surface area contributed by atoms with E-state index in [0.29, 0.717) is 5.56 Å². The first kappa shape index (κ1) is 18.4. The van der Waals surface area contributed by atoms with Gasteiger partial charge in [-0.1, -0.05) is 78.9 Å². The molecule has 3 rings (SSSR count). The molecule has 0 bridgehead atoms. The largest absolute Gasteiger partial charge is 0.352 e. The minimum atomic E-state index is -0.218. The normalized spacial score (nSPS) is 10.4. The molecule has 0 aliphatic carbocycles. The van der Waals surface area contributed by atoms with Gasteiger partial charge in [0.15, 0.2) is 0 Å². The zero-order valence-electron chi connectivity index (χ0n) is 15.0. The van der Waals surface area contributed by atoms with Gasteiger partial charge in [-0.05, 0) is 23.3 Å². The van der Waals surface area contributed by atoms with Gasteiger partial charge >= 0.3 is 0 Å². The van der Waals surface area contributed by atoms with E-state index in [1.807, 2.05) is 78.9 Å². The molecule has 0 fully saturated rings. The van der Waals surface area contributed by atoms with Gasteiger partial charge in [0, 0.05) is 18.5 Å². The molecule has 0 atom stereocenters. The number of rotatable bonds is 7. The quantitative estimate of drug-likeness (QED) is 0.676. The minimum absolute atomic E-state index is 0.110. The first-order valence-corrected chi connectivity index (χ1v) is 8.96. The molecular weight excluding hydrogens is 336 g/mol. The third-order valence-electron chi connectivity index (χ3n) is 4.24. The zero-order valence-corrected chi connectivity index (χ0v) is 15.0. The van der Waals surface area contributed by atoms with Crippen LogP contribution in [-0.2, 0) is 4.79 Å². The van der Waals surface area contributed by atoms with Crippen molar-refractivity contribution in [3.05, 3.63) is 108 Å². The molecule has 2 amide bonds. The maximum Gasteiger partial charge on any atom is 0.251 e. The van der Waals surface area contributed by atoms with Crippen molar-refractivity contribution in [1.82, 2.24) is 10.6 Å². The van der Waals surface area contributed by atoms with Gasteiger partial charge in [0.1, 0.15) is 0 Å². The van der Waals surface area contributed by atoms with E-state index in [4.69, 9.17) is 0 Å². The summed E-state index contributed by atoms with van der Waals surface area (Å²) in [5.41, 5.74) is 2.63. The van der Waals surface area contributed by atoms with Gasteiger partial charge in [0.05, 0.1) is 6.04 Å². The number of carbonyl (C=O) groups excluding carboxylic acids is 2. The minimum Gasteiger partial charge on any atom is -0.352 e. The lowest BCUT2D eigenvalue weighted by Crippen LogP contribution is -2.33. The van der Waals surface area contributed by atoms with Gasteiger partial charge < -0.3 is 10.6 Å². The first-order valence-electron chi connectivity index (χ1n) is 8.96. The summed E-state index contributed by atoms with van der Waals surface area (Å²) in [7, 11) is 0. The van der Waals surface area contributed by atoms with Crippen LogP contribution >= 0.6 is 0 Å². The number of hydrogen-bond acceptors (Lipinski definition) is 2. The Morgan fingerprint density at radius 2 is 1.19 bits per heavy atom. The van der Waals surface area contributed by atoms with Gasteiger partial charge in [-0.2, -0.15) is 0 Å². The molecule has 0 heterocycles. The van der Waals surface area contributed by atoms with Crippen LogP contribution in [0.25, 0.3) is 0 Å². The lowest BCUT2D eigenvalue weighted by molar-refractivity contribution is -0.121. The highest BCUT2D eigenvalue weighted by Gasteiger charge is 2.16. The van der Waals surface area contributed by atoms with E-state index in [2.05, 4.69) is 10.6 Å². The van der Waals surface area contributed by atoms with Crippen LogP contribution in [0, 0.1) is 0 Å². The molecule has 0 aliphatic rings. The fraction of sp³-hybridized carbons (Fsp3) is 0.130. The summed E-state index contributed by atoms with van der Waals surface area (Å²) in [5, 5.41) is 5.86. The maximum atomic E-state index is 12.5. The Morgan fingerprint density at radius 1 is 0.704 bits per heavy atom. The van der Waals surface area contributed by atoms with Gasteiger partial charge in [-0.25, -0.2) is 0 Å². The summed E-state index contributed by atoms with van der Waals surface area (Å²) in [6.07, 6.45) is 0.217. The number of benzene rings is 3.